The molecule has 1 aromatic carbocycles. The molecule has 25 heavy (non-hydrogen) atoms. The maximum Gasteiger partial charge on any atom is 0.305 e. The Morgan fingerprint density at radius 3 is 2.80 bits per heavy atom. The molecule has 1 heterocycles. The molecule has 0 saturated carbocycles. The third-order valence-electron chi connectivity index (χ3n) is 4.75. The predicted molar refractivity (Wildman–Crippen MR) is 99.0 cm³/mol. The number of unbranched alkanes of at least 4 members (excludes halogenated alkanes) is 5. The van der Waals surface area contributed by atoms with Crippen LogP contribution in [0.5, 0.6) is 5.75 Å². The normalized spacial score (nSPS) is 20.4. The van der Waals surface area contributed by atoms with Gasteiger partial charge in [-0.15, -0.1) is 0 Å². The molecule has 0 radical (unpaired) electrons. The molecule has 2 rings (SSSR count). The lowest BCUT2D eigenvalue weighted by atomic mass is 9.97. The first-order chi connectivity index (χ1) is 12.2. The zero-order valence-corrected chi connectivity index (χ0v) is 15.4. The van der Waals surface area contributed by atoms with Crippen LogP contribution in [0.4, 0.5) is 0 Å². The Hall–Kier alpha value is -1.55. The average molecular weight is 348 g/mol. The lowest BCUT2D eigenvalue weighted by molar-refractivity contribution is -0.143. The van der Waals surface area contributed by atoms with E-state index in [4.69, 9.17) is 14.6 Å². The molecule has 0 aliphatic carbocycles. The molecule has 1 aliphatic heterocycles. The van der Waals surface area contributed by atoms with Crippen LogP contribution in [0.1, 0.15) is 82.8 Å². The third kappa shape index (κ3) is 7.47. The average Bonchev–Trinajstić information content (AvgIpc) is 2.61. The largest absolute Gasteiger partial charge is 0.494 e. The van der Waals surface area contributed by atoms with E-state index in [1.165, 1.54) is 32.1 Å². The quantitative estimate of drug-likeness (QED) is 0.536. The van der Waals surface area contributed by atoms with Crippen molar-refractivity contribution in [3.63, 3.8) is 0 Å². The van der Waals surface area contributed by atoms with Crippen LogP contribution in [0.15, 0.2) is 24.3 Å². The molecule has 140 valence electrons. The van der Waals surface area contributed by atoms with Gasteiger partial charge in [0.15, 0.2) is 0 Å². The van der Waals surface area contributed by atoms with E-state index in [1.54, 1.807) is 0 Å². The number of carboxylic acid groups (broad SMARTS) is 1. The first-order valence-electron chi connectivity index (χ1n) is 9.79. The molecule has 1 aliphatic rings. The van der Waals surface area contributed by atoms with E-state index in [-0.39, 0.29) is 18.6 Å². The van der Waals surface area contributed by atoms with E-state index >= 15 is 0 Å². The second-order valence-electron chi connectivity index (χ2n) is 6.96. The van der Waals surface area contributed by atoms with E-state index in [2.05, 4.69) is 6.92 Å². The van der Waals surface area contributed by atoms with Gasteiger partial charge in [-0.1, -0.05) is 51.2 Å². The zero-order valence-electron chi connectivity index (χ0n) is 15.4. The molecule has 1 fully saturated rings. The standard InChI is InChI=1S/C21H32O4/c1-2-3-4-5-6-7-14-24-18-11-8-10-17(15-18)20-13-9-12-19(25-20)16-21(22)23/h8,10-11,15,19-20H,2-7,9,12-14,16H2,1H3,(H,22,23)/t19-,20+/m1/s1. The fourth-order valence-corrected chi connectivity index (χ4v) is 3.37. The summed E-state index contributed by atoms with van der Waals surface area (Å²) < 4.78 is 11.9. The molecule has 0 bridgehead atoms. The number of benzene rings is 1. The van der Waals surface area contributed by atoms with Gasteiger partial charge in [0, 0.05) is 0 Å². The Morgan fingerprint density at radius 1 is 1.20 bits per heavy atom. The second-order valence-corrected chi connectivity index (χ2v) is 6.96. The molecule has 0 aromatic heterocycles. The zero-order chi connectivity index (χ0) is 17.9. The molecular weight excluding hydrogens is 316 g/mol. The Morgan fingerprint density at radius 2 is 2.00 bits per heavy atom. The van der Waals surface area contributed by atoms with Crippen molar-refractivity contribution in [2.75, 3.05) is 6.61 Å². The minimum absolute atomic E-state index is 0.0179. The smallest absolute Gasteiger partial charge is 0.305 e. The second kappa shape index (κ2) is 11.1. The number of hydrogen-bond donors (Lipinski definition) is 1. The molecular formula is C21H32O4. The summed E-state index contributed by atoms with van der Waals surface area (Å²) in [4.78, 5) is 10.9. The van der Waals surface area contributed by atoms with Gasteiger partial charge < -0.3 is 14.6 Å². The molecule has 4 nitrogen and oxygen atoms in total. The highest BCUT2D eigenvalue weighted by Crippen LogP contribution is 2.33. The summed E-state index contributed by atoms with van der Waals surface area (Å²) in [6, 6.07) is 8.07. The molecule has 2 atom stereocenters. The highest BCUT2D eigenvalue weighted by Gasteiger charge is 2.25. The van der Waals surface area contributed by atoms with Crippen LogP contribution in [0.25, 0.3) is 0 Å². The van der Waals surface area contributed by atoms with Crippen LogP contribution < -0.4 is 4.74 Å². The molecule has 0 amide bonds. The summed E-state index contributed by atoms with van der Waals surface area (Å²) in [5.41, 5.74) is 1.09. The SMILES string of the molecule is CCCCCCCCOc1cccc([C@@H]2CCC[C@H](CC(=O)O)O2)c1. The van der Waals surface area contributed by atoms with Gasteiger partial charge in [-0.25, -0.2) is 0 Å². The van der Waals surface area contributed by atoms with Gasteiger partial charge in [-0.3, -0.25) is 4.79 Å². The van der Waals surface area contributed by atoms with E-state index < -0.39 is 5.97 Å². The molecule has 0 spiro atoms. The van der Waals surface area contributed by atoms with Crippen molar-refractivity contribution < 1.29 is 19.4 Å². The monoisotopic (exact) mass is 348 g/mol. The number of rotatable bonds is 11. The van der Waals surface area contributed by atoms with Gasteiger partial charge in [-0.2, -0.15) is 0 Å². The number of ether oxygens (including phenoxy) is 2. The van der Waals surface area contributed by atoms with E-state index in [0.29, 0.717) is 0 Å². The summed E-state index contributed by atoms with van der Waals surface area (Å²) >= 11 is 0. The topological polar surface area (TPSA) is 55.8 Å². The number of hydrogen-bond acceptors (Lipinski definition) is 3. The van der Waals surface area contributed by atoms with Crippen molar-refractivity contribution in [2.45, 2.75) is 83.3 Å². The first-order valence-corrected chi connectivity index (χ1v) is 9.79. The maximum absolute atomic E-state index is 10.9. The van der Waals surface area contributed by atoms with Crippen molar-refractivity contribution in [3.8, 4) is 5.75 Å². The van der Waals surface area contributed by atoms with Gasteiger partial charge in [0.2, 0.25) is 0 Å². The van der Waals surface area contributed by atoms with E-state index in [9.17, 15) is 4.79 Å². The molecule has 0 unspecified atom stereocenters. The lowest BCUT2D eigenvalue weighted by Gasteiger charge is -2.29. The number of carboxylic acids is 1. The summed E-state index contributed by atoms with van der Waals surface area (Å²) in [6.45, 7) is 2.98. The minimum Gasteiger partial charge on any atom is -0.494 e. The third-order valence-corrected chi connectivity index (χ3v) is 4.75. The van der Waals surface area contributed by atoms with Crippen LogP contribution in [0, 0.1) is 0 Å². The molecule has 1 N–H and O–H groups in total. The van der Waals surface area contributed by atoms with Crippen molar-refractivity contribution >= 4 is 5.97 Å². The highest BCUT2D eigenvalue weighted by atomic mass is 16.5. The van der Waals surface area contributed by atoms with Crippen LogP contribution in [-0.4, -0.2) is 23.8 Å². The first kappa shape index (κ1) is 19.8. The summed E-state index contributed by atoms with van der Waals surface area (Å²) in [5, 5.41) is 8.96. The number of carbonyl (C=O) groups is 1. The van der Waals surface area contributed by atoms with Crippen molar-refractivity contribution in [1.29, 1.82) is 0 Å². The Bertz CT molecular complexity index is 514. The van der Waals surface area contributed by atoms with Crippen LogP contribution in [-0.2, 0) is 9.53 Å². The Balaban J connectivity index is 1.77. The predicted octanol–water partition coefficient (Wildman–Crippen LogP) is 5.51. The summed E-state index contributed by atoms with van der Waals surface area (Å²) in [6.07, 6.45) is 10.2. The van der Waals surface area contributed by atoms with Gasteiger partial charge in [0.05, 0.1) is 25.2 Å². The maximum atomic E-state index is 10.9. The minimum atomic E-state index is -0.790. The fraction of sp³-hybridized carbons (Fsp3) is 0.667. The lowest BCUT2D eigenvalue weighted by Crippen LogP contribution is -2.24. The van der Waals surface area contributed by atoms with Crippen molar-refractivity contribution in [2.24, 2.45) is 0 Å². The van der Waals surface area contributed by atoms with Crippen LogP contribution in [0.2, 0.25) is 0 Å². The van der Waals surface area contributed by atoms with Crippen molar-refractivity contribution in [3.05, 3.63) is 29.8 Å². The Labute approximate surface area is 151 Å². The molecule has 1 aromatic rings. The number of aliphatic carboxylic acids is 1. The van der Waals surface area contributed by atoms with Crippen LogP contribution >= 0.6 is 0 Å². The van der Waals surface area contributed by atoms with Gasteiger partial charge in [-0.05, 0) is 43.4 Å². The van der Waals surface area contributed by atoms with Gasteiger partial charge in [0.25, 0.3) is 0 Å². The molecule has 1 saturated heterocycles. The van der Waals surface area contributed by atoms with Gasteiger partial charge in [0.1, 0.15) is 5.75 Å². The highest BCUT2D eigenvalue weighted by molar-refractivity contribution is 5.67. The van der Waals surface area contributed by atoms with Gasteiger partial charge >= 0.3 is 5.97 Å². The summed E-state index contributed by atoms with van der Waals surface area (Å²) in [7, 11) is 0. The van der Waals surface area contributed by atoms with E-state index in [1.807, 2.05) is 24.3 Å². The van der Waals surface area contributed by atoms with Crippen LogP contribution in [0.3, 0.4) is 0 Å². The Kier molecular flexibility index (Phi) is 8.81. The summed E-state index contributed by atoms with van der Waals surface area (Å²) in [5.74, 6) is 0.0942. The van der Waals surface area contributed by atoms with E-state index in [0.717, 1.165) is 43.6 Å². The molecule has 4 heteroatoms. The van der Waals surface area contributed by atoms with Crippen molar-refractivity contribution in [1.82, 2.24) is 0 Å². The fourth-order valence-electron chi connectivity index (χ4n) is 3.37.